The highest BCUT2D eigenvalue weighted by Gasteiger charge is 2.32. The zero-order valence-corrected chi connectivity index (χ0v) is 28.0. The molecule has 3 amide bonds. The molecule has 0 unspecified atom stereocenters. The van der Waals surface area contributed by atoms with Crippen molar-refractivity contribution in [3.8, 4) is 0 Å². The van der Waals surface area contributed by atoms with Crippen molar-refractivity contribution in [3.63, 3.8) is 0 Å². The van der Waals surface area contributed by atoms with E-state index < -0.39 is 14.2 Å². The van der Waals surface area contributed by atoms with E-state index in [9.17, 15) is 14.7 Å². The third kappa shape index (κ3) is 12.3. The molecule has 1 saturated heterocycles. The lowest BCUT2D eigenvalue weighted by Crippen LogP contribution is -2.53. The average molecular weight is 602 g/mol. The number of carbonyl (C=O) groups is 2. The van der Waals surface area contributed by atoms with Gasteiger partial charge in [0, 0.05) is 54.0 Å². The van der Waals surface area contributed by atoms with Crippen LogP contribution in [0.1, 0.15) is 88.5 Å². The van der Waals surface area contributed by atoms with Crippen molar-refractivity contribution in [2.75, 3.05) is 39.9 Å². The van der Waals surface area contributed by atoms with Gasteiger partial charge in [0.25, 0.3) is 0 Å². The van der Waals surface area contributed by atoms with Crippen LogP contribution in [0.15, 0.2) is 30.3 Å². The van der Waals surface area contributed by atoms with Crippen LogP contribution in [0.5, 0.6) is 0 Å². The van der Waals surface area contributed by atoms with Gasteiger partial charge in [-0.1, -0.05) is 94.5 Å². The highest BCUT2D eigenvalue weighted by Crippen LogP contribution is 2.36. The highest BCUT2D eigenvalue weighted by atomic mass is 28.3. The third-order valence-corrected chi connectivity index (χ3v) is 11.2. The molecule has 0 spiro atoms. The number of urea groups is 1. The summed E-state index contributed by atoms with van der Waals surface area (Å²) in [6, 6.07) is 11.7. The van der Waals surface area contributed by atoms with Crippen molar-refractivity contribution in [2.24, 2.45) is 11.8 Å². The van der Waals surface area contributed by atoms with Gasteiger partial charge in [0.15, 0.2) is 0 Å². The van der Waals surface area contributed by atoms with Crippen molar-refractivity contribution >= 4 is 20.2 Å². The summed E-state index contributed by atoms with van der Waals surface area (Å²) < 4.78 is 5.29. The van der Waals surface area contributed by atoms with Crippen molar-refractivity contribution in [3.05, 3.63) is 35.9 Å². The zero-order chi connectivity index (χ0) is 30.4. The second kappa shape index (κ2) is 17.9. The average Bonchev–Trinajstić information content (AvgIpc) is 2.97. The van der Waals surface area contributed by atoms with E-state index in [2.05, 4.69) is 55.3 Å². The maximum Gasteiger partial charge on any atom is 0.407 e. The molecule has 2 aliphatic rings. The van der Waals surface area contributed by atoms with Gasteiger partial charge in [0.2, 0.25) is 0 Å². The first kappa shape index (κ1) is 34.4. The van der Waals surface area contributed by atoms with Crippen molar-refractivity contribution < 1.29 is 19.4 Å². The Morgan fingerprint density at radius 3 is 2.45 bits per heavy atom. The van der Waals surface area contributed by atoms with Crippen LogP contribution >= 0.6 is 0 Å². The van der Waals surface area contributed by atoms with E-state index in [1.54, 1.807) is 12.0 Å². The van der Waals surface area contributed by atoms with E-state index in [-0.39, 0.29) is 12.1 Å². The van der Waals surface area contributed by atoms with Gasteiger partial charge >= 0.3 is 12.1 Å². The second-order valence-electron chi connectivity index (χ2n) is 14.1. The number of unbranched alkanes of at least 4 members (excludes halogenated alkanes) is 1. The number of hydrogen-bond donors (Lipinski definition) is 2. The number of likely N-dealkylation sites (tertiary alicyclic amines) is 1. The Bertz CT molecular complexity index is 919. The fourth-order valence-electron chi connectivity index (χ4n) is 7.11. The number of amides is 3. The van der Waals surface area contributed by atoms with E-state index >= 15 is 0 Å². The number of rotatable bonds is 16. The molecule has 1 aromatic carbocycles. The number of piperidine rings is 1. The number of ether oxygens (including phenoxy) is 1. The largest absolute Gasteiger partial charge is 0.465 e. The highest BCUT2D eigenvalue weighted by molar-refractivity contribution is 6.76. The summed E-state index contributed by atoms with van der Waals surface area (Å²) in [6.45, 7) is 10.2. The molecule has 238 valence electrons. The van der Waals surface area contributed by atoms with Crippen molar-refractivity contribution in [1.29, 1.82) is 0 Å². The summed E-state index contributed by atoms with van der Waals surface area (Å²) in [6.07, 6.45) is 12.4. The maximum atomic E-state index is 13.8. The number of hydrogen-bond acceptors (Lipinski definition) is 3. The van der Waals surface area contributed by atoms with Gasteiger partial charge in [-0.25, -0.2) is 9.59 Å². The van der Waals surface area contributed by atoms with Crippen LogP contribution in [0.3, 0.4) is 0 Å². The molecule has 8 heteroatoms. The molecule has 0 aromatic heterocycles. The van der Waals surface area contributed by atoms with Gasteiger partial charge < -0.3 is 25.0 Å². The van der Waals surface area contributed by atoms with E-state index in [4.69, 9.17) is 4.74 Å². The van der Waals surface area contributed by atoms with Crippen molar-refractivity contribution in [2.45, 2.75) is 115 Å². The molecule has 3 atom stereocenters. The second-order valence-corrected chi connectivity index (χ2v) is 19.8. The van der Waals surface area contributed by atoms with Gasteiger partial charge in [-0.05, 0) is 61.8 Å². The minimum atomic E-state index is -1.24. The van der Waals surface area contributed by atoms with Crippen LogP contribution < -0.4 is 5.32 Å². The van der Waals surface area contributed by atoms with Gasteiger partial charge in [0.05, 0.1) is 0 Å². The number of nitrogens with one attached hydrogen (secondary N) is 1. The molecule has 1 saturated carbocycles. The predicted octanol–water partition coefficient (Wildman–Crippen LogP) is 8.06. The van der Waals surface area contributed by atoms with Crippen LogP contribution in [0, 0.1) is 11.8 Å². The first-order valence-electron chi connectivity index (χ1n) is 16.7. The Balaban J connectivity index is 1.67. The number of methoxy groups -OCH3 is 1. The van der Waals surface area contributed by atoms with E-state index in [1.807, 2.05) is 4.90 Å². The summed E-state index contributed by atoms with van der Waals surface area (Å²) in [5, 5.41) is 13.4. The van der Waals surface area contributed by atoms with Crippen LogP contribution in [-0.2, 0) is 4.74 Å². The van der Waals surface area contributed by atoms with E-state index in [1.165, 1.54) is 37.7 Å². The minimum absolute atomic E-state index is 0.0147. The Morgan fingerprint density at radius 2 is 1.79 bits per heavy atom. The molecule has 42 heavy (non-hydrogen) atoms. The molecular formula is C34H59N3O4Si. The molecule has 7 nitrogen and oxygen atoms in total. The summed E-state index contributed by atoms with van der Waals surface area (Å²) in [5.74, 6) is 1.40. The number of carboxylic acid groups (broad SMARTS) is 1. The fraction of sp³-hybridized carbons (Fsp3) is 0.765. The molecule has 0 radical (unpaired) electrons. The van der Waals surface area contributed by atoms with Crippen LogP contribution in [-0.4, -0.2) is 81.0 Å². The molecule has 0 bridgehead atoms. The standard InChI is InChI=1S/C34H59N3O4Si/c1-41-23-12-11-20-32(29-17-9-6-10-18-29)30-19-13-21-36(26-30)33(38)35-31(25-28-15-7-5-8-16-28)27-37(34(39)40)22-14-24-42(2,3)4/h6,9-10,17-18,28,30-32H,5,7-8,11-16,19-27H2,1-4H3,(H,35,38)(H,39,40)/t30-,31+,32+/m1/s1. The molecule has 1 aliphatic heterocycles. The number of carbonyl (C=O) groups excluding carboxylic acids is 1. The van der Waals surface area contributed by atoms with Crippen LogP contribution in [0.4, 0.5) is 9.59 Å². The Hall–Kier alpha value is -2.06. The smallest absolute Gasteiger partial charge is 0.407 e. The van der Waals surface area contributed by atoms with Gasteiger partial charge in [-0.2, -0.15) is 0 Å². The topological polar surface area (TPSA) is 82.1 Å². The zero-order valence-electron chi connectivity index (χ0n) is 27.0. The Kier molecular flexibility index (Phi) is 14.7. The Morgan fingerprint density at radius 1 is 1.05 bits per heavy atom. The fourth-order valence-corrected chi connectivity index (χ4v) is 8.33. The molecule has 3 rings (SSSR count). The first-order chi connectivity index (χ1) is 20.2. The van der Waals surface area contributed by atoms with Crippen LogP contribution in [0.25, 0.3) is 0 Å². The third-order valence-electron chi connectivity index (χ3n) is 9.39. The van der Waals surface area contributed by atoms with Crippen LogP contribution in [0.2, 0.25) is 25.7 Å². The van der Waals surface area contributed by atoms with E-state index in [0.717, 1.165) is 70.7 Å². The number of benzene rings is 1. The van der Waals surface area contributed by atoms with Gasteiger partial charge in [-0.15, -0.1) is 0 Å². The summed E-state index contributed by atoms with van der Waals surface area (Å²) in [4.78, 5) is 29.6. The number of nitrogens with zero attached hydrogens (tertiary/aromatic N) is 2. The molecule has 1 aliphatic carbocycles. The van der Waals surface area contributed by atoms with E-state index in [0.29, 0.717) is 30.8 Å². The maximum absolute atomic E-state index is 13.8. The lowest BCUT2D eigenvalue weighted by Gasteiger charge is -2.39. The lowest BCUT2D eigenvalue weighted by molar-refractivity contribution is 0.128. The minimum Gasteiger partial charge on any atom is -0.465 e. The SMILES string of the molecule is COCCCC[C@@H](c1ccccc1)[C@@H]1CCCN(C(=O)N[C@@H](CC2CCCCC2)CN(CCC[Si](C)(C)C)C(=O)O)C1. The normalized spacial score (nSPS) is 19.7. The lowest BCUT2D eigenvalue weighted by atomic mass is 9.78. The molecule has 2 N–H and O–H groups in total. The quantitative estimate of drug-likeness (QED) is 0.148. The summed E-state index contributed by atoms with van der Waals surface area (Å²) in [5.41, 5.74) is 1.37. The summed E-state index contributed by atoms with van der Waals surface area (Å²) in [7, 11) is 0.522. The molecule has 2 fully saturated rings. The molecule has 1 heterocycles. The monoisotopic (exact) mass is 601 g/mol. The van der Waals surface area contributed by atoms with Gasteiger partial charge in [0.1, 0.15) is 0 Å². The molecular weight excluding hydrogens is 542 g/mol. The molecule has 1 aromatic rings. The first-order valence-corrected chi connectivity index (χ1v) is 20.4. The summed E-state index contributed by atoms with van der Waals surface area (Å²) >= 11 is 0. The Labute approximate surface area is 256 Å². The predicted molar refractivity (Wildman–Crippen MR) is 175 cm³/mol. The van der Waals surface area contributed by atoms with Crippen molar-refractivity contribution in [1.82, 2.24) is 15.1 Å². The van der Waals surface area contributed by atoms with Gasteiger partial charge in [-0.3, -0.25) is 0 Å².